The average Bonchev–Trinajstić information content (AvgIpc) is 2.92. The van der Waals surface area contributed by atoms with Gasteiger partial charge in [0, 0.05) is 47.7 Å². The Balaban J connectivity index is 1.36. The summed E-state index contributed by atoms with van der Waals surface area (Å²) in [4.78, 5) is 34.3. The first-order valence-corrected chi connectivity index (χ1v) is 13.0. The van der Waals surface area contributed by atoms with Gasteiger partial charge in [0.25, 0.3) is 5.56 Å². The van der Waals surface area contributed by atoms with Gasteiger partial charge in [-0.3, -0.25) is 9.59 Å². The summed E-state index contributed by atoms with van der Waals surface area (Å²) in [5.74, 6) is 0.0535. The second-order valence-electron chi connectivity index (χ2n) is 9.80. The number of amides is 1. The molecule has 0 spiro atoms. The number of aromatic nitrogens is 1. The van der Waals surface area contributed by atoms with Gasteiger partial charge in [-0.1, -0.05) is 66.2 Å². The lowest BCUT2D eigenvalue weighted by atomic mass is 9.92. The number of anilines is 1. The highest BCUT2D eigenvalue weighted by Gasteiger charge is 2.33. The molecule has 0 saturated carbocycles. The van der Waals surface area contributed by atoms with E-state index < -0.39 is 0 Å². The van der Waals surface area contributed by atoms with Gasteiger partial charge in [0.05, 0.1) is 5.92 Å². The van der Waals surface area contributed by atoms with Gasteiger partial charge in [-0.05, 0) is 54.2 Å². The normalized spacial score (nSPS) is 17.8. The van der Waals surface area contributed by atoms with Crippen LogP contribution >= 0.6 is 11.6 Å². The van der Waals surface area contributed by atoms with E-state index in [4.69, 9.17) is 11.6 Å². The summed E-state index contributed by atoms with van der Waals surface area (Å²) in [5.41, 5.74) is 5.65. The quantitative estimate of drug-likeness (QED) is 0.398. The first kappa shape index (κ1) is 22.9. The Hall–Kier alpha value is -3.57. The third kappa shape index (κ3) is 4.18. The van der Waals surface area contributed by atoms with Crippen molar-refractivity contribution in [1.29, 1.82) is 0 Å². The van der Waals surface area contributed by atoms with E-state index in [1.54, 1.807) is 6.07 Å². The number of carbonyl (C=O) groups is 1. The van der Waals surface area contributed by atoms with Crippen LogP contribution < -0.4 is 10.5 Å². The first-order chi connectivity index (χ1) is 17.6. The molecule has 3 heterocycles. The lowest BCUT2D eigenvalue weighted by Gasteiger charge is -2.38. The lowest BCUT2D eigenvalue weighted by Crippen LogP contribution is -2.47. The monoisotopic (exact) mass is 497 g/mol. The number of aromatic amines is 1. The second kappa shape index (κ2) is 9.47. The molecule has 1 atom stereocenters. The average molecular weight is 498 g/mol. The fraction of sp³-hybridized carbons (Fsp3) is 0.267. The SMILES string of the molecule is O=C([C@@H]1CCCN(c2c(-c3ccccc3)c3cc(Cl)ccc3[nH]c2=O)C1)N1CCc2ccccc2C1. The molecule has 1 saturated heterocycles. The van der Waals surface area contributed by atoms with Crippen LogP contribution in [0.5, 0.6) is 0 Å². The molecular weight excluding hydrogens is 470 g/mol. The number of benzene rings is 3. The van der Waals surface area contributed by atoms with Crippen molar-refractivity contribution in [2.75, 3.05) is 24.5 Å². The predicted octanol–water partition coefficient (Wildman–Crippen LogP) is 5.65. The van der Waals surface area contributed by atoms with Gasteiger partial charge in [-0.25, -0.2) is 0 Å². The molecule has 1 aromatic heterocycles. The largest absolute Gasteiger partial charge is 0.366 e. The number of rotatable bonds is 3. The summed E-state index contributed by atoms with van der Waals surface area (Å²) in [6.45, 7) is 2.68. The summed E-state index contributed by atoms with van der Waals surface area (Å²) in [7, 11) is 0. The van der Waals surface area contributed by atoms with Crippen LogP contribution in [0.2, 0.25) is 5.02 Å². The summed E-state index contributed by atoms with van der Waals surface area (Å²) in [6, 6.07) is 23.9. The lowest BCUT2D eigenvalue weighted by molar-refractivity contribution is -0.136. The topological polar surface area (TPSA) is 56.4 Å². The van der Waals surface area contributed by atoms with Crippen LogP contribution in [-0.4, -0.2) is 35.4 Å². The van der Waals surface area contributed by atoms with Crippen LogP contribution in [-0.2, 0) is 17.8 Å². The van der Waals surface area contributed by atoms with Crippen LogP contribution in [0.25, 0.3) is 22.0 Å². The van der Waals surface area contributed by atoms with Crippen molar-refractivity contribution in [2.24, 2.45) is 5.92 Å². The standard InChI is InChI=1S/C30H28ClN3O2/c31-24-12-13-26-25(17-24)27(21-8-2-1-3-9-21)28(29(35)32-26)33-15-6-11-23(19-33)30(36)34-16-14-20-7-4-5-10-22(20)18-34/h1-5,7-10,12-13,17,23H,6,11,14-16,18-19H2,(H,32,35)/t23-/m1/s1. The van der Waals surface area contributed by atoms with Crippen LogP contribution in [0.1, 0.15) is 24.0 Å². The summed E-state index contributed by atoms with van der Waals surface area (Å²) in [5, 5.41) is 1.53. The molecule has 0 aliphatic carbocycles. The van der Waals surface area contributed by atoms with Crippen molar-refractivity contribution in [1.82, 2.24) is 9.88 Å². The maximum atomic E-state index is 13.6. The molecule has 182 valence electrons. The van der Waals surface area contributed by atoms with Crippen LogP contribution in [0.3, 0.4) is 0 Å². The molecule has 0 radical (unpaired) electrons. The predicted molar refractivity (Wildman–Crippen MR) is 146 cm³/mol. The maximum absolute atomic E-state index is 13.6. The maximum Gasteiger partial charge on any atom is 0.272 e. The first-order valence-electron chi connectivity index (χ1n) is 12.6. The zero-order chi connectivity index (χ0) is 24.6. The zero-order valence-corrected chi connectivity index (χ0v) is 20.8. The van der Waals surface area contributed by atoms with Crippen molar-refractivity contribution in [3.8, 4) is 11.1 Å². The number of hydrogen-bond donors (Lipinski definition) is 1. The highest BCUT2D eigenvalue weighted by Crippen LogP contribution is 2.37. The molecule has 2 aliphatic heterocycles. The zero-order valence-electron chi connectivity index (χ0n) is 20.0. The third-order valence-electron chi connectivity index (χ3n) is 7.54. The molecule has 6 rings (SSSR count). The Labute approximate surface area is 215 Å². The number of hydrogen-bond acceptors (Lipinski definition) is 3. The van der Waals surface area contributed by atoms with Crippen LogP contribution in [0.15, 0.2) is 77.6 Å². The third-order valence-corrected chi connectivity index (χ3v) is 7.78. The second-order valence-corrected chi connectivity index (χ2v) is 10.2. The summed E-state index contributed by atoms with van der Waals surface area (Å²) < 4.78 is 0. The minimum Gasteiger partial charge on any atom is -0.366 e. The van der Waals surface area contributed by atoms with Crippen molar-refractivity contribution in [3.05, 3.63) is 99.3 Å². The molecule has 0 unspecified atom stereocenters. The Morgan fingerprint density at radius 1 is 0.944 bits per heavy atom. The van der Waals surface area contributed by atoms with E-state index >= 15 is 0 Å². The van der Waals surface area contributed by atoms with Gasteiger partial charge in [-0.2, -0.15) is 0 Å². The van der Waals surface area contributed by atoms with Crippen molar-refractivity contribution < 1.29 is 4.79 Å². The number of nitrogens with zero attached hydrogens (tertiary/aromatic N) is 2. The van der Waals surface area contributed by atoms with Gasteiger partial charge in [-0.15, -0.1) is 0 Å². The number of nitrogens with one attached hydrogen (secondary N) is 1. The molecule has 3 aromatic carbocycles. The molecule has 6 heteroatoms. The number of pyridine rings is 1. The highest BCUT2D eigenvalue weighted by atomic mass is 35.5. The van der Waals surface area contributed by atoms with Gasteiger partial charge in [0.2, 0.25) is 5.91 Å². The van der Waals surface area contributed by atoms with E-state index in [2.05, 4.69) is 28.1 Å². The molecule has 5 nitrogen and oxygen atoms in total. The van der Waals surface area contributed by atoms with Crippen molar-refractivity contribution in [2.45, 2.75) is 25.8 Å². The Morgan fingerprint density at radius 2 is 1.72 bits per heavy atom. The molecule has 2 aliphatic rings. The fourth-order valence-electron chi connectivity index (χ4n) is 5.78. The molecule has 1 N–H and O–H groups in total. The molecule has 1 fully saturated rings. The van der Waals surface area contributed by atoms with Gasteiger partial charge < -0.3 is 14.8 Å². The minimum atomic E-state index is -0.137. The highest BCUT2D eigenvalue weighted by molar-refractivity contribution is 6.31. The fourth-order valence-corrected chi connectivity index (χ4v) is 5.95. The number of piperidine rings is 1. The Morgan fingerprint density at radius 3 is 2.56 bits per heavy atom. The van der Waals surface area contributed by atoms with E-state index in [-0.39, 0.29) is 17.4 Å². The molecular formula is C30H28ClN3O2. The summed E-state index contributed by atoms with van der Waals surface area (Å²) in [6.07, 6.45) is 2.59. The van der Waals surface area contributed by atoms with Crippen molar-refractivity contribution >= 4 is 34.1 Å². The minimum absolute atomic E-state index is 0.135. The smallest absolute Gasteiger partial charge is 0.272 e. The number of fused-ring (bicyclic) bond motifs is 2. The number of carbonyl (C=O) groups excluding carboxylic acids is 1. The number of halogens is 1. The van der Waals surface area contributed by atoms with E-state index in [1.165, 1.54) is 11.1 Å². The van der Waals surface area contributed by atoms with Gasteiger partial charge in [0.1, 0.15) is 5.69 Å². The van der Waals surface area contributed by atoms with Crippen LogP contribution in [0.4, 0.5) is 5.69 Å². The van der Waals surface area contributed by atoms with Crippen LogP contribution in [0, 0.1) is 5.92 Å². The molecule has 36 heavy (non-hydrogen) atoms. The van der Waals surface area contributed by atoms with Gasteiger partial charge >= 0.3 is 0 Å². The summed E-state index contributed by atoms with van der Waals surface area (Å²) >= 11 is 6.39. The molecule has 1 amide bonds. The van der Waals surface area contributed by atoms with E-state index in [0.29, 0.717) is 23.8 Å². The van der Waals surface area contributed by atoms with Crippen molar-refractivity contribution in [3.63, 3.8) is 0 Å². The van der Waals surface area contributed by atoms with Gasteiger partial charge in [0.15, 0.2) is 0 Å². The molecule has 0 bridgehead atoms. The number of H-pyrrole nitrogens is 1. The molecule has 4 aromatic rings. The van der Waals surface area contributed by atoms with E-state index in [1.807, 2.05) is 53.4 Å². The van der Waals surface area contributed by atoms with E-state index in [9.17, 15) is 9.59 Å². The van der Waals surface area contributed by atoms with E-state index in [0.717, 1.165) is 54.4 Å². The Kier molecular flexibility index (Phi) is 6.02. The Bertz CT molecular complexity index is 1500.